The molecule has 10 heteroatoms. The van der Waals surface area contributed by atoms with Gasteiger partial charge in [-0.1, -0.05) is 6.92 Å². The van der Waals surface area contributed by atoms with Crippen molar-refractivity contribution in [3.8, 4) is 0 Å². The van der Waals surface area contributed by atoms with Crippen molar-refractivity contribution in [2.75, 3.05) is 24.7 Å². The second-order valence-corrected chi connectivity index (χ2v) is 6.63. The van der Waals surface area contributed by atoms with E-state index in [1.54, 1.807) is 6.92 Å². The summed E-state index contributed by atoms with van der Waals surface area (Å²) < 4.78 is 39.5. The van der Waals surface area contributed by atoms with Crippen molar-refractivity contribution in [1.29, 1.82) is 0 Å². The monoisotopic (exact) mass is 354 g/mol. The fourth-order valence-corrected chi connectivity index (χ4v) is 4.00. The maximum absolute atomic E-state index is 13.2. The fraction of sp³-hybridized carbons (Fsp3) is 0.769. The molecule has 2 fully saturated rings. The summed E-state index contributed by atoms with van der Waals surface area (Å²) in [5.41, 5.74) is -2.92. The molecule has 2 heterocycles. The number of carboxylic acid groups (broad SMARTS) is 1. The average Bonchev–Trinajstić information content (AvgIpc) is 3.12. The van der Waals surface area contributed by atoms with E-state index < -0.39 is 42.5 Å². The number of carboxylic acids is 1. The Hall–Kier alpha value is -1.45. The molecule has 0 aromatic rings. The molecule has 0 saturated carbocycles. The Balaban J connectivity index is 2.16. The molecule has 1 N–H and O–H groups in total. The zero-order chi connectivity index (χ0) is 17.4. The van der Waals surface area contributed by atoms with Gasteiger partial charge in [-0.3, -0.25) is 14.4 Å². The van der Waals surface area contributed by atoms with Gasteiger partial charge in [0.2, 0.25) is 11.8 Å². The molecular formula is C13H17F3N2O4S. The molecule has 2 amide bonds. The smallest absolute Gasteiger partial charge is 0.406 e. The summed E-state index contributed by atoms with van der Waals surface area (Å²) in [6.07, 6.45) is -5.40. The molecule has 2 aliphatic heterocycles. The van der Waals surface area contributed by atoms with Crippen LogP contribution in [0.25, 0.3) is 0 Å². The highest BCUT2D eigenvalue weighted by Crippen LogP contribution is 2.46. The summed E-state index contributed by atoms with van der Waals surface area (Å²) in [5, 5.41) is 9.02. The number of hydrogen-bond acceptors (Lipinski definition) is 4. The average molecular weight is 354 g/mol. The molecule has 0 aromatic carbocycles. The summed E-state index contributed by atoms with van der Waals surface area (Å²) >= 11 is 1.35. The molecule has 2 aliphatic rings. The van der Waals surface area contributed by atoms with Crippen molar-refractivity contribution in [1.82, 2.24) is 9.80 Å². The van der Waals surface area contributed by atoms with Gasteiger partial charge in [0, 0.05) is 25.3 Å². The molecule has 2 unspecified atom stereocenters. The van der Waals surface area contributed by atoms with E-state index in [0.717, 1.165) is 4.90 Å². The van der Waals surface area contributed by atoms with Gasteiger partial charge in [-0.25, -0.2) is 0 Å². The Morgan fingerprint density at radius 3 is 2.48 bits per heavy atom. The number of likely N-dealkylation sites (tertiary alicyclic amines) is 1. The molecule has 2 atom stereocenters. The standard InChI is InChI=1S/C13H17F3N2O4S/c1-2-9(19)18-7-23-5-8(18)10(20)17-4-3-12(6-17,11(21)22)13(14,15)16/h8H,2-7H2,1H3,(H,21,22). The predicted octanol–water partition coefficient (Wildman–Crippen LogP) is 1.16. The van der Waals surface area contributed by atoms with Gasteiger partial charge in [-0.15, -0.1) is 11.8 Å². The molecule has 0 aliphatic carbocycles. The van der Waals surface area contributed by atoms with Crippen molar-refractivity contribution in [2.24, 2.45) is 5.41 Å². The maximum Gasteiger partial charge on any atom is 0.406 e. The Labute approximate surface area is 135 Å². The number of aliphatic carboxylic acids is 1. The Kier molecular flexibility index (Phi) is 4.84. The Morgan fingerprint density at radius 2 is 2.00 bits per heavy atom. The molecule has 0 radical (unpaired) electrons. The van der Waals surface area contributed by atoms with Crippen LogP contribution >= 0.6 is 11.8 Å². The highest BCUT2D eigenvalue weighted by molar-refractivity contribution is 7.99. The van der Waals surface area contributed by atoms with Crippen LogP contribution in [0.1, 0.15) is 19.8 Å². The van der Waals surface area contributed by atoms with E-state index in [9.17, 15) is 27.6 Å². The third kappa shape index (κ3) is 3.00. The number of alkyl halides is 3. The summed E-state index contributed by atoms with van der Waals surface area (Å²) in [7, 11) is 0. The number of nitrogens with zero attached hydrogens (tertiary/aromatic N) is 2. The molecule has 0 aromatic heterocycles. The van der Waals surface area contributed by atoms with Crippen LogP contribution in [0.2, 0.25) is 0 Å². The van der Waals surface area contributed by atoms with E-state index in [-0.39, 0.29) is 18.9 Å². The van der Waals surface area contributed by atoms with E-state index in [2.05, 4.69) is 0 Å². The van der Waals surface area contributed by atoms with Gasteiger partial charge in [0.05, 0.1) is 5.88 Å². The van der Waals surface area contributed by atoms with E-state index in [0.29, 0.717) is 11.6 Å². The summed E-state index contributed by atoms with van der Waals surface area (Å²) in [6, 6.07) is -0.815. The predicted molar refractivity (Wildman–Crippen MR) is 75.6 cm³/mol. The number of carbonyl (C=O) groups is 3. The van der Waals surface area contributed by atoms with E-state index in [4.69, 9.17) is 5.11 Å². The largest absolute Gasteiger partial charge is 0.481 e. The van der Waals surface area contributed by atoms with Gasteiger partial charge >= 0.3 is 12.1 Å². The lowest BCUT2D eigenvalue weighted by molar-refractivity contribution is -0.227. The van der Waals surface area contributed by atoms with Crippen molar-refractivity contribution in [2.45, 2.75) is 32.0 Å². The minimum atomic E-state index is -4.93. The second-order valence-electron chi connectivity index (χ2n) is 5.63. The van der Waals surface area contributed by atoms with Crippen molar-refractivity contribution >= 4 is 29.5 Å². The third-order valence-corrected chi connectivity index (χ3v) is 5.34. The van der Waals surface area contributed by atoms with Crippen LogP contribution in [-0.4, -0.2) is 69.6 Å². The second kappa shape index (κ2) is 6.21. The number of carbonyl (C=O) groups excluding carboxylic acids is 2. The highest BCUT2D eigenvalue weighted by atomic mass is 32.2. The number of halogens is 3. The Morgan fingerprint density at radius 1 is 1.35 bits per heavy atom. The van der Waals surface area contributed by atoms with Crippen molar-refractivity contribution in [3.63, 3.8) is 0 Å². The molecule has 2 rings (SSSR count). The summed E-state index contributed by atoms with van der Waals surface area (Å²) in [5.74, 6) is -2.19. The van der Waals surface area contributed by atoms with E-state index >= 15 is 0 Å². The maximum atomic E-state index is 13.2. The zero-order valence-corrected chi connectivity index (χ0v) is 13.2. The minimum Gasteiger partial charge on any atom is -0.481 e. The first-order valence-corrected chi connectivity index (χ1v) is 8.25. The molecule has 2 saturated heterocycles. The molecule has 6 nitrogen and oxygen atoms in total. The van der Waals surface area contributed by atoms with E-state index in [1.807, 2.05) is 0 Å². The number of amides is 2. The highest BCUT2D eigenvalue weighted by Gasteiger charge is 2.64. The van der Waals surface area contributed by atoms with Crippen LogP contribution in [-0.2, 0) is 14.4 Å². The number of rotatable bonds is 3. The summed E-state index contributed by atoms with van der Waals surface area (Å²) in [4.78, 5) is 37.7. The molecule has 23 heavy (non-hydrogen) atoms. The van der Waals surface area contributed by atoms with Crippen LogP contribution < -0.4 is 0 Å². The first-order chi connectivity index (χ1) is 10.6. The first-order valence-electron chi connectivity index (χ1n) is 7.10. The van der Waals surface area contributed by atoms with Crippen molar-refractivity contribution in [3.05, 3.63) is 0 Å². The molecule has 0 spiro atoms. The SMILES string of the molecule is CCC(=O)N1CSCC1C(=O)N1CCC(C(=O)O)(C(F)(F)F)C1. The van der Waals surface area contributed by atoms with Gasteiger partial charge in [0.15, 0.2) is 5.41 Å². The summed E-state index contributed by atoms with van der Waals surface area (Å²) in [6.45, 7) is 0.460. The normalized spacial score (nSPS) is 28.3. The first kappa shape index (κ1) is 17.9. The lowest BCUT2D eigenvalue weighted by Gasteiger charge is -2.29. The van der Waals surface area contributed by atoms with Crippen LogP contribution in [0, 0.1) is 5.41 Å². The fourth-order valence-electron chi connectivity index (χ4n) is 2.83. The minimum absolute atomic E-state index is 0.200. The molecule has 0 bridgehead atoms. The van der Waals surface area contributed by atoms with Crippen LogP contribution in [0.4, 0.5) is 13.2 Å². The van der Waals surface area contributed by atoms with Crippen LogP contribution in [0.3, 0.4) is 0 Å². The number of thioether (sulfide) groups is 1. The zero-order valence-electron chi connectivity index (χ0n) is 12.4. The quantitative estimate of drug-likeness (QED) is 0.823. The van der Waals surface area contributed by atoms with Crippen molar-refractivity contribution < 1.29 is 32.7 Å². The van der Waals surface area contributed by atoms with Gasteiger partial charge in [0.25, 0.3) is 0 Å². The van der Waals surface area contributed by atoms with Crippen LogP contribution in [0.5, 0.6) is 0 Å². The van der Waals surface area contributed by atoms with Gasteiger partial charge in [0.1, 0.15) is 6.04 Å². The lowest BCUT2D eigenvalue weighted by atomic mass is 9.86. The van der Waals surface area contributed by atoms with Gasteiger partial charge in [-0.05, 0) is 6.42 Å². The lowest BCUT2D eigenvalue weighted by Crippen LogP contribution is -2.51. The number of hydrogen-bond donors (Lipinski definition) is 1. The van der Waals surface area contributed by atoms with Gasteiger partial charge < -0.3 is 14.9 Å². The van der Waals surface area contributed by atoms with Crippen LogP contribution in [0.15, 0.2) is 0 Å². The third-order valence-electron chi connectivity index (χ3n) is 4.32. The molecular weight excluding hydrogens is 337 g/mol. The van der Waals surface area contributed by atoms with Gasteiger partial charge in [-0.2, -0.15) is 13.2 Å². The topological polar surface area (TPSA) is 77.9 Å². The molecule has 130 valence electrons. The van der Waals surface area contributed by atoms with E-state index in [1.165, 1.54) is 16.7 Å². The Bertz CT molecular complexity index is 528.